The minimum absolute atomic E-state index is 0.0703. The molecule has 1 heterocycles. The van der Waals surface area contributed by atoms with Gasteiger partial charge < -0.3 is 10.1 Å². The molecule has 4 rings (SSSR count). The summed E-state index contributed by atoms with van der Waals surface area (Å²) >= 11 is 0. The number of esters is 1. The number of ether oxygens (including phenoxy) is 1. The molecule has 0 atom stereocenters. The summed E-state index contributed by atoms with van der Waals surface area (Å²) in [6, 6.07) is 21.7. The van der Waals surface area contributed by atoms with Crippen molar-refractivity contribution >= 4 is 34.9 Å². The smallest absolute Gasteiger partial charge is 0.339 e. The Labute approximate surface area is 178 Å². The number of ketones is 1. The van der Waals surface area contributed by atoms with Crippen LogP contribution >= 0.6 is 0 Å². The van der Waals surface area contributed by atoms with Gasteiger partial charge in [0.15, 0.2) is 12.4 Å². The summed E-state index contributed by atoms with van der Waals surface area (Å²) in [4.78, 5) is 51.3. The summed E-state index contributed by atoms with van der Waals surface area (Å²) in [5.41, 5.74) is 1.74. The molecule has 7 nitrogen and oxygen atoms in total. The van der Waals surface area contributed by atoms with E-state index in [9.17, 15) is 19.2 Å². The first kappa shape index (κ1) is 20.0. The van der Waals surface area contributed by atoms with Crippen LogP contribution in [0.1, 0.15) is 26.3 Å². The summed E-state index contributed by atoms with van der Waals surface area (Å²) in [6.45, 7) is -0.731. The summed E-state index contributed by atoms with van der Waals surface area (Å²) in [7, 11) is 0. The van der Waals surface area contributed by atoms with E-state index in [2.05, 4.69) is 5.32 Å². The number of anilines is 2. The lowest BCUT2D eigenvalue weighted by molar-refractivity contribution is -0.124. The Hall–Kier alpha value is -4.26. The van der Waals surface area contributed by atoms with Gasteiger partial charge in [0.2, 0.25) is 5.91 Å². The molecule has 1 aliphatic rings. The number of carbonyl (C=O) groups excluding carboxylic acids is 4. The van der Waals surface area contributed by atoms with Crippen LogP contribution < -0.4 is 10.2 Å². The third-order valence-corrected chi connectivity index (χ3v) is 4.83. The standard InChI is InChI=1S/C24H18N2O5/c27-21-14-26(20-13-7-6-12-19(20)25-21)22(28)15-31-24(30)18-11-5-4-10-17(18)23(29)16-8-2-1-3-9-16/h1-13H,14-15H2,(H,25,27). The largest absolute Gasteiger partial charge is 0.452 e. The first-order valence-electron chi connectivity index (χ1n) is 9.60. The topological polar surface area (TPSA) is 92.8 Å². The molecule has 1 N–H and O–H groups in total. The number of amides is 2. The summed E-state index contributed by atoms with van der Waals surface area (Å²) < 4.78 is 5.21. The molecule has 1 aliphatic heterocycles. The van der Waals surface area contributed by atoms with Crippen molar-refractivity contribution in [1.29, 1.82) is 0 Å². The molecular formula is C24H18N2O5. The van der Waals surface area contributed by atoms with E-state index >= 15 is 0 Å². The number of nitrogens with one attached hydrogen (secondary N) is 1. The molecule has 0 bridgehead atoms. The van der Waals surface area contributed by atoms with Crippen molar-refractivity contribution in [3.8, 4) is 0 Å². The van der Waals surface area contributed by atoms with Gasteiger partial charge in [-0.15, -0.1) is 0 Å². The molecule has 2 amide bonds. The van der Waals surface area contributed by atoms with Crippen LogP contribution in [0, 0.1) is 0 Å². The SMILES string of the molecule is O=C1CN(C(=O)COC(=O)c2ccccc2C(=O)c2ccccc2)c2ccccc2N1. The maximum absolute atomic E-state index is 12.8. The molecule has 3 aromatic rings. The molecule has 0 aliphatic carbocycles. The number of hydrogen-bond acceptors (Lipinski definition) is 5. The third-order valence-electron chi connectivity index (χ3n) is 4.83. The number of hydrogen-bond donors (Lipinski definition) is 1. The molecular weight excluding hydrogens is 396 g/mol. The number of benzene rings is 3. The normalized spacial score (nSPS) is 12.5. The third kappa shape index (κ3) is 4.20. The van der Waals surface area contributed by atoms with Crippen molar-refractivity contribution in [1.82, 2.24) is 0 Å². The predicted octanol–water partition coefficient (Wildman–Crippen LogP) is 3.06. The van der Waals surface area contributed by atoms with Crippen LogP contribution in [0.15, 0.2) is 78.9 Å². The fraction of sp³-hybridized carbons (Fsp3) is 0.0833. The van der Waals surface area contributed by atoms with E-state index in [0.29, 0.717) is 16.9 Å². The van der Waals surface area contributed by atoms with Crippen molar-refractivity contribution in [2.24, 2.45) is 0 Å². The van der Waals surface area contributed by atoms with Crippen molar-refractivity contribution in [3.05, 3.63) is 95.6 Å². The monoisotopic (exact) mass is 414 g/mol. The molecule has 3 aromatic carbocycles. The average Bonchev–Trinajstić information content (AvgIpc) is 2.81. The van der Waals surface area contributed by atoms with E-state index in [1.807, 2.05) is 0 Å². The van der Waals surface area contributed by atoms with Crippen molar-refractivity contribution in [3.63, 3.8) is 0 Å². The van der Waals surface area contributed by atoms with Crippen LogP contribution in [-0.2, 0) is 14.3 Å². The second kappa shape index (κ2) is 8.62. The van der Waals surface area contributed by atoms with Gasteiger partial charge in [-0.2, -0.15) is 0 Å². The summed E-state index contributed by atoms with van der Waals surface area (Å²) in [5.74, 6) is -1.98. The van der Waals surface area contributed by atoms with Crippen LogP contribution in [0.5, 0.6) is 0 Å². The number of fused-ring (bicyclic) bond motifs is 1. The van der Waals surface area contributed by atoms with E-state index < -0.39 is 18.5 Å². The van der Waals surface area contributed by atoms with Gasteiger partial charge in [0.05, 0.1) is 16.9 Å². The highest BCUT2D eigenvalue weighted by Crippen LogP contribution is 2.29. The Morgan fingerprint density at radius 3 is 2.26 bits per heavy atom. The molecule has 154 valence electrons. The number of carbonyl (C=O) groups is 4. The van der Waals surface area contributed by atoms with Gasteiger partial charge in [-0.3, -0.25) is 19.3 Å². The zero-order valence-electron chi connectivity index (χ0n) is 16.4. The predicted molar refractivity (Wildman–Crippen MR) is 114 cm³/mol. The lowest BCUT2D eigenvalue weighted by Gasteiger charge is -2.28. The highest BCUT2D eigenvalue weighted by atomic mass is 16.5. The zero-order valence-corrected chi connectivity index (χ0v) is 16.4. The van der Waals surface area contributed by atoms with Crippen LogP contribution in [-0.4, -0.2) is 36.7 Å². The van der Waals surface area contributed by atoms with Gasteiger partial charge in [-0.1, -0.05) is 60.7 Å². The van der Waals surface area contributed by atoms with E-state index in [-0.39, 0.29) is 29.4 Å². The molecule has 0 fully saturated rings. The highest BCUT2D eigenvalue weighted by molar-refractivity contribution is 6.15. The van der Waals surface area contributed by atoms with Gasteiger partial charge in [0, 0.05) is 11.1 Å². The minimum Gasteiger partial charge on any atom is -0.452 e. The van der Waals surface area contributed by atoms with E-state index in [4.69, 9.17) is 4.74 Å². The van der Waals surface area contributed by atoms with Gasteiger partial charge in [0.1, 0.15) is 6.54 Å². The van der Waals surface area contributed by atoms with Crippen molar-refractivity contribution < 1.29 is 23.9 Å². The van der Waals surface area contributed by atoms with E-state index in [0.717, 1.165) is 0 Å². The van der Waals surface area contributed by atoms with Gasteiger partial charge >= 0.3 is 5.97 Å². The van der Waals surface area contributed by atoms with E-state index in [1.54, 1.807) is 72.8 Å². The Kier molecular flexibility index (Phi) is 5.57. The minimum atomic E-state index is -0.789. The fourth-order valence-corrected chi connectivity index (χ4v) is 3.34. The summed E-state index contributed by atoms with van der Waals surface area (Å²) in [5, 5.41) is 2.69. The molecule has 0 aromatic heterocycles. The van der Waals surface area contributed by atoms with Crippen LogP contribution in [0.3, 0.4) is 0 Å². The Morgan fingerprint density at radius 2 is 1.48 bits per heavy atom. The number of para-hydroxylation sites is 2. The first-order chi connectivity index (χ1) is 15.0. The Balaban J connectivity index is 1.50. The number of rotatable bonds is 5. The number of nitrogens with zero attached hydrogens (tertiary/aromatic N) is 1. The van der Waals surface area contributed by atoms with Crippen LogP contribution in [0.25, 0.3) is 0 Å². The first-order valence-corrected chi connectivity index (χ1v) is 9.60. The molecule has 0 saturated heterocycles. The maximum Gasteiger partial charge on any atom is 0.339 e. The van der Waals surface area contributed by atoms with Crippen LogP contribution in [0.4, 0.5) is 11.4 Å². The van der Waals surface area contributed by atoms with E-state index in [1.165, 1.54) is 11.0 Å². The molecule has 0 unspecified atom stereocenters. The van der Waals surface area contributed by atoms with Crippen LogP contribution in [0.2, 0.25) is 0 Å². The molecule has 0 spiro atoms. The van der Waals surface area contributed by atoms with Gasteiger partial charge in [-0.05, 0) is 18.2 Å². The second-order valence-electron chi connectivity index (χ2n) is 6.86. The molecule has 7 heteroatoms. The quantitative estimate of drug-likeness (QED) is 0.512. The zero-order chi connectivity index (χ0) is 21.8. The Bertz CT molecular complexity index is 1170. The maximum atomic E-state index is 12.8. The second-order valence-corrected chi connectivity index (χ2v) is 6.86. The average molecular weight is 414 g/mol. The van der Waals surface area contributed by atoms with Crippen molar-refractivity contribution in [2.75, 3.05) is 23.4 Å². The summed E-state index contributed by atoms with van der Waals surface area (Å²) in [6.07, 6.45) is 0. The molecule has 0 saturated carbocycles. The van der Waals surface area contributed by atoms with Crippen molar-refractivity contribution in [2.45, 2.75) is 0 Å². The van der Waals surface area contributed by atoms with Gasteiger partial charge in [-0.25, -0.2) is 4.79 Å². The Morgan fingerprint density at radius 1 is 0.839 bits per heavy atom. The van der Waals surface area contributed by atoms with Gasteiger partial charge in [0.25, 0.3) is 5.91 Å². The highest BCUT2D eigenvalue weighted by Gasteiger charge is 2.28. The fourth-order valence-electron chi connectivity index (χ4n) is 3.34. The molecule has 0 radical (unpaired) electrons. The molecule has 31 heavy (non-hydrogen) atoms. The lowest BCUT2D eigenvalue weighted by Crippen LogP contribution is -2.44. The lowest BCUT2D eigenvalue weighted by atomic mass is 9.98.